The van der Waals surface area contributed by atoms with E-state index in [1.54, 1.807) is 6.08 Å². The average molecular weight is 279 g/mol. The van der Waals surface area contributed by atoms with Crippen molar-refractivity contribution in [1.82, 2.24) is 5.32 Å². The first-order chi connectivity index (χ1) is 9.63. The van der Waals surface area contributed by atoms with Gasteiger partial charge in [-0.3, -0.25) is 4.79 Å². The summed E-state index contributed by atoms with van der Waals surface area (Å²) in [7, 11) is 0. The van der Waals surface area contributed by atoms with Crippen LogP contribution in [0.1, 0.15) is 12.8 Å². The van der Waals surface area contributed by atoms with E-state index in [1.165, 1.54) is 6.07 Å². The zero-order valence-corrected chi connectivity index (χ0v) is 10.9. The normalized spacial score (nSPS) is 9.30. The van der Waals surface area contributed by atoms with Crippen LogP contribution >= 0.6 is 0 Å². The SMILES string of the molecule is C=CCCC(=O)NCC#CCOc1ccc(F)cc1F. The number of hydrogen-bond acceptors (Lipinski definition) is 2. The van der Waals surface area contributed by atoms with E-state index in [2.05, 4.69) is 23.7 Å². The van der Waals surface area contributed by atoms with Crippen LogP contribution in [0.5, 0.6) is 5.75 Å². The van der Waals surface area contributed by atoms with E-state index in [1.807, 2.05) is 0 Å². The lowest BCUT2D eigenvalue weighted by Crippen LogP contribution is -2.22. The van der Waals surface area contributed by atoms with Crippen molar-refractivity contribution >= 4 is 5.91 Å². The molecule has 0 saturated heterocycles. The molecular weight excluding hydrogens is 264 g/mol. The molecule has 1 aromatic rings. The number of rotatable bonds is 6. The van der Waals surface area contributed by atoms with Gasteiger partial charge in [0.1, 0.15) is 12.4 Å². The zero-order valence-electron chi connectivity index (χ0n) is 10.9. The number of carbonyl (C=O) groups excluding carboxylic acids is 1. The van der Waals surface area contributed by atoms with E-state index in [0.29, 0.717) is 12.8 Å². The van der Waals surface area contributed by atoms with E-state index in [4.69, 9.17) is 4.74 Å². The first kappa shape index (κ1) is 15.7. The first-order valence-electron chi connectivity index (χ1n) is 6.04. The van der Waals surface area contributed by atoms with E-state index in [9.17, 15) is 13.6 Å². The number of carbonyl (C=O) groups is 1. The van der Waals surface area contributed by atoms with Gasteiger partial charge in [0.05, 0.1) is 6.54 Å². The third kappa shape index (κ3) is 6.01. The highest BCUT2D eigenvalue weighted by Gasteiger charge is 2.03. The molecule has 0 aromatic heterocycles. The highest BCUT2D eigenvalue weighted by atomic mass is 19.1. The van der Waals surface area contributed by atoms with Gasteiger partial charge in [0.25, 0.3) is 0 Å². The molecule has 0 fully saturated rings. The second-order valence-electron chi connectivity index (χ2n) is 3.82. The summed E-state index contributed by atoms with van der Waals surface area (Å²) in [4.78, 5) is 11.2. The maximum Gasteiger partial charge on any atom is 0.221 e. The van der Waals surface area contributed by atoms with E-state index >= 15 is 0 Å². The van der Waals surface area contributed by atoms with Crippen molar-refractivity contribution in [3.05, 3.63) is 42.5 Å². The molecule has 0 aliphatic heterocycles. The van der Waals surface area contributed by atoms with Crippen molar-refractivity contribution < 1.29 is 18.3 Å². The van der Waals surface area contributed by atoms with Crippen LogP contribution in [-0.2, 0) is 4.79 Å². The Morgan fingerprint density at radius 2 is 2.20 bits per heavy atom. The van der Waals surface area contributed by atoms with Gasteiger partial charge in [0, 0.05) is 12.5 Å². The predicted octanol–water partition coefficient (Wildman–Crippen LogP) is 2.43. The molecule has 0 unspecified atom stereocenters. The number of amides is 1. The van der Waals surface area contributed by atoms with Gasteiger partial charge in [-0.15, -0.1) is 6.58 Å². The maximum atomic E-state index is 13.2. The van der Waals surface area contributed by atoms with E-state index in [-0.39, 0.29) is 24.8 Å². The summed E-state index contributed by atoms with van der Waals surface area (Å²) in [6.45, 7) is 3.68. The molecule has 106 valence electrons. The van der Waals surface area contributed by atoms with Crippen LogP contribution < -0.4 is 10.1 Å². The number of allylic oxidation sites excluding steroid dienone is 1. The van der Waals surface area contributed by atoms with Crippen molar-refractivity contribution in [2.75, 3.05) is 13.2 Å². The quantitative estimate of drug-likeness (QED) is 0.641. The molecule has 5 heteroatoms. The fraction of sp³-hybridized carbons (Fsp3) is 0.267. The summed E-state index contributed by atoms with van der Waals surface area (Å²) < 4.78 is 30.8. The molecule has 0 spiro atoms. The van der Waals surface area contributed by atoms with E-state index in [0.717, 1.165) is 12.1 Å². The Hall–Kier alpha value is -2.35. The van der Waals surface area contributed by atoms with Crippen molar-refractivity contribution in [2.24, 2.45) is 0 Å². The van der Waals surface area contributed by atoms with Gasteiger partial charge in [-0.05, 0) is 18.6 Å². The Labute approximate surface area is 116 Å². The molecule has 3 nitrogen and oxygen atoms in total. The molecule has 0 bridgehead atoms. The van der Waals surface area contributed by atoms with Crippen molar-refractivity contribution in [1.29, 1.82) is 0 Å². The molecule has 0 aliphatic rings. The third-order valence-electron chi connectivity index (χ3n) is 2.27. The summed E-state index contributed by atoms with van der Waals surface area (Å²) in [6.07, 6.45) is 2.66. The molecule has 1 amide bonds. The Bertz CT molecular complexity index is 532. The molecular formula is C15H15F2NO2. The highest BCUT2D eigenvalue weighted by molar-refractivity contribution is 5.76. The molecule has 0 radical (unpaired) electrons. The van der Waals surface area contributed by atoms with Crippen LogP contribution in [0, 0.1) is 23.5 Å². The third-order valence-corrected chi connectivity index (χ3v) is 2.27. The monoisotopic (exact) mass is 279 g/mol. The van der Waals surface area contributed by atoms with E-state index < -0.39 is 11.6 Å². The minimum Gasteiger partial charge on any atom is -0.478 e. The summed E-state index contributed by atoms with van der Waals surface area (Å²) >= 11 is 0. The van der Waals surface area contributed by atoms with Crippen LogP contribution in [0.15, 0.2) is 30.9 Å². The molecule has 1 aromatic carbocycles. The largest absolute Gasteiger partial charge is 0.478 e. The van der Waals surface area contributed by atoms with Crippen LogP contribution in [-0.4, -0.2) is 19.1 Å². The summed E-state index contributed by atoms with van der Waals surface area (Å²) in [5.74, 6) is 3.68. The molecule has 1 N–H and O–H groups in total. The molecule has 0 atom stereocenters. The second-order valence-corrected chi connectivity index (χ2v) is 3.82. The minimum atomic E-state index is -0.774. The average Bonchev–Trinajstić information content (AvgIpc) is 2.42. The Kier molecular flexibility index (Phi) is 6.83. The molecule has 0 saturated carbocycles. The summed E-state index contributed by atoms with van der Waals surface area (Å²) in [6, 6.07) is 3.04. The van der Waals surface area contributed by atoms with Gasteiger partial charge in [0.15, 0.2) is 11.6 Å². The number of benzene rings is 1. The Morgan fingerprint density at radius 1 is 1.40 bits per heavy atom. The molecule has 0 aliphatic carbocycles. The fourth-order valence-corrected chi connectivity index (χ4v) is 1.28. The van der Waals surface area contributed by atoms with Gasteiger partial charge >= 0.3 is 0 Å². The standard InChI is InChI=1S/C15H15F2NO2/c1-2-3-6-15(19)18-9-4-5-10-20-14-8-7-12(16)11-13(14)17/h2,7-8,11H,1,3,6,9-10H2,(H,18,19). The lowest BCUT2D eigenvalue weighted by Gasteiger charge is -2.02. The summed E-state index contributed by atoms with van der Waals surface area (Å²) in [5.41, 5.74) is 0. The van der Waals surface area contributed by atoms with Crippen LogP contribution in [0.25, 0.3) is 0 Å². The van der Waals surface area contributed by atoms with Gasteiger partial charge < -0.3 is 10.1 Å². The lowest BCUT2D eigenvalue weighted by molar-refractivity contribution is -0.120. The Balaban J connectivity index is 2.26. The van der Waals surface area contributed by atoms with Gasteiger partial charge in [-0.2, -0.15) is 0 Å². The fourth-order valence-electron chi connectivity index (χ4n) is 1.28. The van der Waals surface area contributed by atoms with Crippen molar-refractivity contribution in [2.45, 2.75) is 12.8 Å². The van der Waals surface area contributed by atoms with Crippen LogP contribution in [0.2, 0.25) is 0 Å². The minimum absolute atomic E-state index is 0.0366. The molecule has 20 heavy (non-hydrogen) atoms. The highest BCUT2D eigenvalue weighted by Crippen LogP contribution is 2.16. The van der Waals surface area contributed by atoms with Crippen LogP contribution in [0.3, 0.4) is 0 Å². The topological polar surface area (TPSA) is 38.3 Å². The van der Waals surface area contributed by atoms with Gasteiger partial charge in [0.2, 0.25) is 5.91 Å². The predicted molar refractivity (Wildman–Crippen MR) is 72.1 cm³/mol. The number of nitrogens with one attached hydrogen (secondary N) is 1. The smallest absolute Gasteiger partial charge is 0.221 e. The molecule has 0 heterocycles. The second kappa shape index (κ2) is 8.70. The van der Waals surface area contributed by atoms with Crippen molar-refractivity contribution in [3.63, 3.8) is 0 Å². The van der Waals surface area contributed by atoms with Crippen LogP contribution in [0.4, 0.5) is 8.78 Å². The van der Waals surface area contributed by atoms with Gasteiger partial charge in [-0.1, -0.05) is 17.9 Å². The number of halogens is 2. The Morgan fingerprint density at radius 3 is 2.90 bits per heavy atom. The zero-order chi connectivity index (χ0) is 14.8. The van der Waals surface area contributed by atoms with Gasteiger partial charge in [-0.25, -0.2) is 8.78 Å². The number of hydrogen-bond donors (Lipinski definition) is 1. The first-order valence-corrected chi connectivity index (χ1v) is 6.04. The van der Waals surface area contributed by atoms with Crippen molar-refractivity contribution in [3.8, 4) is 17.6 Å². The number of ether oxygens (including phenoxy) is 1. The lowest BCUT2D eigenvalue weighted by atomic mass is 10.3. The summed E-state index contributed by atoms with van der Waals surface area (Å²) in [5, 5.41) is 2.60. The molecule has 1 rings (SSSR count). The maximum absolute atomic E-state index is 13.2.